The van der Waals surface area contributed by atoms with Crippen LogP contribution in [0.5, 0.6) is 0 Å². The van der Waals surface area contributed by atoms with Crippen LogP contribution in [-0.2, 0) is 5.75 Å². The fourth-order valence-corrected chi connectivity index (χ4v) is 2.76. The van der Waals surface area contributed by atoms with Gasteiger partial charge in [0.15, 0.2) is 11.3 Å². The Morgan fingerprint density at radius 3 is 2.86 bits per heavy atom. The van der Waals surface area contributed by atoms with Gasteiger partial charge in [0.25, 0.3) is 0 Å². The normalized spacial score (nSPS) is 11.3. The molecule has 0 radical (unpaired) electrons. The Hall–Kier alpha value is -2.74. The summed E-state index contributed by atoms with van der Waals surface area (Å²) in [7, 11) is 0. The predicted molar refractivity (Wildman–Crippen MR) is 81.4 cm³/mol. The number of nitrogens with zero attached hydrogens (tertiary/aromatic N) is 4. The first-order valence-electron chi connectivity index (χ1n) is 6.53. The predicted octanol–water partition coefficient (Wildman–Crippen LogP) is 2.69. The summed E-state index contributed by atoms with van der Waals surface area (Å²) in [6.45, 7) is 0. The van der Waals surface area contributed by atoms with Crippen molar-refractivity contribution in [2.45, 2.75) is 10.9 Å². The highest BCUT2D eigenvalue weighted by molar-refractivity contribution is 7.98. The van der Waals surface area contributed by atoms with Gasteiger partial charge in [0.2, 0.25) is 16.9 Å². The minimum Gasteiger partial charge on any atom is -0.461 e. The molecule has 8 heteroatoms. The molecule has 0 spiro atoms. The molecule has 4 aromatic rings. The number of hydrogen-bond acceptors (Lipinski definition) is 7. The highest BCUT2D eigenvalue weighted by atomic mass is 32.2. The van der Waals surface area contributed by atoms with Gasteiger partial charge < -0.3 is 14.7 Å². The van der Waals surface area contributed by atoms with E-state index in [1.54, 1.807) is 18.4 Å². The van der Waals surface area contributed by atoms with Crippen LogP contribution in [0.4, 0.5) is 0 Å². The van der Waals surface area contributed by atoms with Gasteiger partial charge in [0.05, 0.1) is 12.0 Å². The summed E-state index contributed by atoms with van der Waals surface area (Å²) < 4.78 is 12.3. The molecule has 0 saturated carbocycles. The lowest BCUT2D eigenvalue weighted by molar-refractivity contribution is 0.556. The van der Waals surface area contributed by atoms with Crippen LogP contribution in [-0.4, -0.2) is 19.9 Å². The average Bonchev–Trinajstić information content (AvgIpc) is 3.24. The monoisotopic (exact) mass is 313 g/mol. The van der Waals surface area contributed by atoms with Crippen LogP contribution >= 0.6 is 11.8 Å². The van der Waals surface area contributed by atoms with E-state index in [9.17, 15) is 0 Å². The molecule has 2 N–H and O–H groups in total. The van der Waals surface area contributed by atoms with Crippen molar-refractivity contribution in [2.75, 3.05) is 5.84 Å². The Labute approximate surface area is 129 Å². The standard InChI is InChI=1S/C14H11N5O2S/c15-19-13(11-6-3-7-20-11)17-18-14(19)22-8-12-16-9-4-1-2-5-10(9)21-12/h1-7H,8,15H2. The van der Waals surface area contributed by atoms with Crippen molar-refractivity contribution in [3.8, 4) is 11.6 Å². The number of benzene rings is 1. The Balaban J connectivity index is 1.54. The lowest BCUT2D eigenvalue weighted by atomic mass is 10.3. The van der Waals surface area contributed by atoms with Gasteiger partial charge in [-0.25, -0.2) is 9.66 Å². The van der Waals surface area contributed by atoms with Crippen LogP contribution in [0.3, 0.4) is 0 Å². The summed E-state index contributed by atoms with van der Waals surface area (Å²) in [4.78, 5) is 4.41. The second-order valence-corrected chi connectivity index (χ2v) is 5.46. The fraction of sp³-hybridized carbons (Fsp3) is 0.0714. The van der Waals surface area contributed by atoms with Gasteiger partial charge in [0, 0.05) is 0 Å². The summed E-state index contributed by atoms with van der Waals surface area (Å²) in [5, 5.41) is 8.66. The maximum atomic E-state index is 5.99. The molecule has 0 unspecified atom stereocenters. The number of thioether (sulfide) groups is 1. The molecule has 0 fully saturated rings. The lowest BCUT2D eigenvalue weighted by Crippen LogP contribution is -2.11. The number of fused-ring (bicyclic) bond motifs is 1. The Morgan fingerprint density at radius 2 is 2.05 bits per heavy atom. The van der Waals surface area contributed by atoms with Crippen molar-refractivity contribution < 1.29 is 8.83 Å². The van der Waals surface area contributed by atoms with Crippen LogP contribution in [0.2, 0.25) is 0 Å². The molecular weight excluding hydrogens is 302 g/mol. The Kier molecular flexibility index (Phi) is 3.08. The van der Waals surface area contributed by atoms with E-state index in [0.717, 1.165) is 11.1 Å². The Morgan fingerprint density at radius 1 is 1.14 bits per heavy atom. The molecule has 0 aliphatic carbocycles. The molecule has 0 aliphatic heterocycles. The molecule has 0 aliphatic rings. The zero-order valence-electron chi connectivity index (χ0n) is 11.3. The molecule has 0 amide bonds. The summed E-state index contributed by atoms with van der Waals surface area (Å²) in [6.07, 6.45) is 1.56. The summed E-state index contributed by atoms with van der Waals surface area (Å²) in [5.41, 5.74) is 1.60. The zero-order valence-corrected chi connectivity index (χ0v) is 12.2. The van der Waals surface area contributed by atoms with Gasteiger partial charge in [-0.05, 0) is 24.3 Å². The molecule has 0 bridgehead atoms. The first-order chi connectivity index (χ1) is 10.8. The van der Waals surface area contributed by atoms with Gasteiger partial charge in [-0.3, -0.25) is 0 Å². The first-order valence-corrected chi connectivity index (χ1v) is 7.51. The Bertz CT molecular complexity index is 880. The molecule has 7 nitrogen and oxygen atoms in total. The van der Waals surface area contributed by atoms with Crippen LogP contribution in [0.1, 0.15) is 5.89 Å². The third kappa shape index (κ3) is 2.23. The highest BCUT2D eigenvalue weighted by Crippen LogP contribution is 2.25. The smallest absolute Gasteiger partial charge is 0.218 e. The number of furan rings is 1. The molecule has 3 aromatic heterocycles. The largest absolute Gasteiger partial charge is 0.461 e. The SMILES string of the molecule is Nn1c(SCc2nc3ccccc3o2)nnc1-c1ccco1. The summed E-state index contributed by atoms with van der Waals surface area (Å²) >= 11 is 1.40. The third-order valence-electron chi connectivity index (χ3n) is 3.07. The van der Waals surface area contributed by atoms with E-state index in [-0.39, 0.29) is 0 Å². The van der Waals surface area contributed by atoms with Crippen LogP contribution in [0, 0.1) is 0 Å². The quantitative estimate of drug-likeness (QED) is 0.457. The number of nitrogen functional groups attached to an aromatic ring is 1. The fourth-order valence-electron chi connectivity index (χ4n) is 2.06. The van der Waals surface area contributed by atoms with Crippen LogP contribution < -0.4 is 5.84 Å². The minimum absolute atomic E-state index is 0.477. The molecule has 1 aromatic carbocycles. The van der Waals surface area contributed by atoms with E-state index < -0.39 is 0 Å². The van der Waals surface area contributed by atoms with E-state index >= 15 is 0 Å². The van der Waals surface area contributed by atoms with Crippen molar-refractivity contribution in [1.29, 1.82) is 0 Å². The van der Waals surface area contributed by atoms with Crippen molar-refractivity contribution in [3.63, 3.8) is 0 Å². The van der Waals surface area contributed by atoms with E-state index in [2.05, 4.69) is 15.2 Å². The minimum atomic E-state index is 0.477. The maximum Gasteiger partial charge on any atom is 0.218 e. The van der Waals surface area contributed by atoms with Gasteiger partial charge in [0.1, 0.15) is 5.52 Å². The number of oxazole rings is 1. The van der Waals surface area contributed by atoms with Gasteiger partial charge in [-0.15, -0.1) is 10.2 Å². The molecule has 110 valence electrons. The molecule has 0 atom stereocenters. The first kappa shape index (κ1) is 13.0. The van der Waals surface area contributed by atoms with Crippen LogP contribution in [0.15, 0.2) is 56.7 Å². The third-order valence-corrected chi connectivity index (χ3v) is 4.00. The second-order valence-electron chi connectivity index (χ2n) is 4.52. The van der Waals surface area contributed by atoms with Crippen molar-refractivity contribution in [1.82, 2.24) is 19.9 Å². The molecule has 3 heterocycles. The molecule has 4 rings (SSSR count). The van der Waals surface area contributed by atoms with Crippen molar-refractivity contribution >= 4 is 22.9 Å². The second kappa shape index (κ2) is 5.23. The van der Waals surface area contributed by atoms with Gasteiger partial charge in [-0.2, -0.15) is 0 Å². The number of hydrogen-bond donors (Lipinski definition) is 1. The number of rotatable bonds is 4. The van der Waals surface area contributed by atoms with E-state index in [1.165, 1.54) is 16.4 Å². The number of para-hydroxylation sites is 2. The van der Waals surface area contributed by atoms with Gasteiger partial charge >= 0.3 is 0 Å². The van der Waals surface area contributed by atoms with Crippen LogP contribution in [0.25, 0.3) is 22.7 Å². The van der Waals surface area contributed by atoms with Crippen molar-refractivity contribution in [2.24, 2.45) is 0 Å². The molecular formula is C14H11N5O2S. The highest BCUT2D eigenvalue weighted by Gasteiger charge is 2.15. The summed E-state index contributed by atoms with van der Waals surface area (Å²) in [6, 6.07) is 11.2. The molecule has 0 saturated heterocycles. The topological polar surface area (TPSA) is 95.9 Å². The van der Waals surface area contributed by atoms with Gasteiger partial charge in [-0.1, -0.05) is 23.9 Å². The van der Waals surface area contributed by atoms with E-state index in [0.29, 0.717) is 28.4 Å². The van der Waals surface area contributed by atoms with E-state index in [1.807, 2.05) is 24.3 Å². The zero-order chi connectivity index (χ0) is 14.9. The number of nitrogens with two attached hydrogens (primary N) is 1. The molecule has 22 heavy (non-hydrogen) atoms. The maximum absolute atomic E-state index is 5.99. The summed E-state index contributed by atoms with van der Waals surface area (Å²) in [5.74, 6) is 8.18. The average molecular weight is 313 g/mol. The van der Waals surface area contributed by atoms with E-state index in [4.69, 9.17) is 14.7 Å². The lowest BCUT2D eigenvalue weighted by Gasteiger charge is -2.00. The number of aromatic nitrogens is 4. The van der Waals surface area contributed by atoms with Crippen molar-refractivity contribution in [3.05, 3.63) is 48.6 Å².